The largest absolute Gasteiger partial charge is 0.494 e. The molecule has 0 saturated heterocycles. The lowest BCUT2D eigenvalue weighted by molar-refractivity contribution is 0.451. The van der Waals surface area contributed by atoms with Crippen LogP contribution < -0.4 is 0 Å². The molecule has 68 valence electrons. The Labute approximate surface area is 80.2 Å². The van der Waals surface area contributed by atoms with Crippen molar-refractivity contribution in [2.24, 2.45) is 0 Å². The van der Waals surface area contributed by atoms with Gasteiger partial charge in [-0.1, -0.05) is 12.1 Å². The fourth-order valence-corrected chi connectivity index (χ4v) is 1.70. The first-order valence-corrected chi connectivity index (χ1v) is 4.40. The molecule has 2 aromatic heterocycles. The molecule has 0 aliphatic rings. The standard InChI is InChI=1S/C11H8N2O/c14-11-6-5-8-7-12-9-3-1-2-4-10(9)13(8)11/h1-7,14H. The molecule has 1 aromatic carbocycles. The molecule has 0 fully saturated rings. The van der Waals surface area contributed by atoms with Crippen molar-refractivity contribution >= 4 is 16.6 Å². The Hall–Kier alpha value is -2.03. The van der Waals surface area contributed by atoms with Gasteiger partial charge >= 0.3 is 0 Å². The molecule has 0 unspecified atom stereocenters. The number of rotatable bonds is 0. The second-order valence-electron chi connectivity index (χ2n) is 3.20. The highest BCUT2D eigenvalue weighted by Gasteiger charge is 2.03. The summed E-state index contributed by atoms with van der Waals surface area (Å²) >= 11 is 0. The van der Waals surface area contributed by atoms with Crippen LogP contribution >= 0.6 is 0 Å². The van der Waals surface area contributed by atoms with Crippen LogP contribution in [-0.4, -0.2) is 14.5 Å². The molecule has 3 heteroatoms. The number of aromatic nitrogens is 2. The van der Waals surface area contributed by atoms with E-state index in [9.17, 15) is 5.11 Å². The first-order chi connectivity index (χ1) is 6.86. The van der Waals surface area contributed by atoms with Gasteiger partial charge in [-0.05, 0) is 18.2 Å². The van der Waals surface area contributed by atoms with Crippen LogP contribution in [0.25, 0.3) is 16.6 Å². The molecule has 3 rings (SSSR count). The summed E-state index contributed by atoms with van der Waals surface area (Å²) in [5, 5.41) is 9.64. The van der Waals surface area contributed by atoms with Gasteiger partial charge in [-0.15, -0.1) is 0 Å². The molecular weight excluding hydrogens is 176 g/mol. The van der Waals surface area contributed by atoms with Crippen molar-refractivity contribution in [1.82, 2.24) is 9.38 Å². The Bertz CT molecular complexity index is 613. The van der Waals surface area contributed by atoms with Crippen molar-refractivity contribution in [3.63, 3.8) is 0 Å². The molecule has 1 N–H and O–H groups in total. The Kier molecular flexibility index (Phi) is 1.31. The van der Waals surface area contributed by atoms with Crippen LogP contribution in [0.2, 0.25) is 0 Å². The van der Waals surface area contributed by atoms with E-state index in [4.69, 9.17) is 0 Å². The molecule has 0 aliphatic heterocycles. The molecule has 14 heavy (non-hydrogen) atoms. The summed E-state index contributed by atoms with van der Waals surface area (Å²) in [7, 11) is 0. The third-order valence-corrected chi connectivity index (χ3v) is 2.35. The molecule has 0 saturated carbocycles. The van der Waals surface area contributed by atoms with Crippen LogP contribution in [0, 0.1) is 0 Å². The SMILES string of the molecule is Oc1ccc2cnc3ccccc3n12. The van der Waals surface area contributed by atoms with Gasteiger partial charge in [-0.3, -0.25) is 9.38 Å². The minimum Gasteiger partial charge on any atom is -0.494 e. The van der Waals surface area contributed by atoms with Crippen molar-refractivity contribution < 1.29 is 5.11 Å². The lowest BCUT2D eigenvalue weighted by Crippen LogP contribution is -1.88. The summed E-state index contributed by atoms with van der Waals surface area (Å²) in [6.07, 6.45) is 1.75. The normalized spacial score (nSPS) is 11.1. The van der Waals surface area contributed by atoms with E-state index in [1.54, 1.807) is 16.7 Å². The summed E-state index contributed by atoms with van der Waals surface area (Å²) in [5.41, 5.74) is 2.71. The molecule has 3 nitrogen and oxygen atoms in total. The van der Waals surface area contributed by atoms with Crippen LogP contribution in [0.3, 0.4) is 0 Å². The molecule has 3 aromatic rings. The lowest BCUT2D eigenvalue weighted by atomic mass is 10.3. The highest BCUT2D eigenvalue weighted by atomic mass is 16.3. The second-order valence-corrected chi connectivity index (χ2v) is 3.20. The first-order valence-electron chi connectivity index (χ1n) is 4.40. The minimum atomic E-state index is 0.249. The maximum absolute atomic E-state index is 9.64. The zero-order chi connectivity index (χ0) is 9.54. The van der Waals surface area contributed by atoms with Crippen LogP contribution in [-0.2, 0) is 0 Å². The summed E-state index contributed by atoms with van der Waals surface area (Å²) < 4.78 is 1.78. The Morgan fingerprint density at radius 3 is 2.86 bits per heavy atom. The van der Waals surface area contributed by atoms with E-state index >= 15 is 0 Å². The average Bonchev–Trinajstić information content (AvgIpc) is 2.61. The predicted molar refractivity (Wildman–Crippen MR) is 54.4 cm³/mol. The zero-order valence-corrected chi connectivity index (χ0v) is 7.38. The number of para-hydroxylation sites is 2. The number of fused-ring (bicyclic) bond motifs is 3. The predicted octanol–water partition coefficient (Wildman–Crippen LogP) is 2.19. The van der Waals surface area contributed by atoms with Gasteiger partial charge < -0.3 is 5.11 Å². The van der Waals surface area contributed by atoms with Gasteiger partial charge in [-0.2, -0.15) is 0 Å². The first kappa shape index (κ1) is 7.38. The molecule has 0 amide bonds. The van der Waals surface area contributed by atoms with E-state index in [0.29, 0.717) is 0 Å². The number of benzene rings is 1. The zero-order valence-electron chi connectivity index (χ0n) is 7.38. The van der Waals surface area contributed by atoms with Crippen LogP contribution in [0.5, 0.6) is 5.88 Å². The van der Waals surface area contributed by atoms with E-state index in [2.05, 4.69) is 4.98 Å². The Morgan fingerprint density at radius 1 is 1.07 bits per heavy atom. The molecule has 0 atom stereocenters. The summed E-state index contributed by atoms with van der Waals surface area (Å²) in [6.45, 7) is 0. The van der Waals surface area contributed by atoms with Gasteiger partial charge in [-0.25, -0.2) is 0 Å². The summed E-state index contributed by atoms with van der Waals surface area (Å²) in [4.78, 5) is 4.29. The summed E-state index contributed by atoms with van der Waals surface area (Å²) in [6, 6.07) is 11.2. The van der Waals surface area contributed by atoms with E-state index in [0.717, 1.165) is 16.6 Å². The quantitative estimate of drug-likeness (QED) is 0.581. The molecule has 0 bridgehead atoms. The van der Waals surface area contributed by atoms with E-state index in [-0.39, 0.29) is 5.88 Å². The lowest BCUT2D eigenvalue weighted by Gasteiger charge is -2.02. The van der Waals surface area contributed by atoms with E-state index < -0.39 is 0 Å². The smallest absolute Gasteiger partial charge is 0.196 e. The van der Waals surface area contributed by atoms with Gasteiger partial charge in [0.05, 0.1) is 22.7 Å². The third kappa shape index (κ3) is 0.836. The molecule has 0 radical (unpaired) electrons. The van der Waals surface area contributed by atoms with Crippen molar-refractivity contribution in [3.05, 3.63) is 42.6 Å². The van der Waals surface area contributed by atoms with Crippen LogP contribution in [0.15, 0.2) is 42.6 Å². The minimum absolute atomic E-state index is 0.249. The van der Waals surface area contributed by atoms with Gasteiger partial charge in [0.15, 0.2) is 5.88 Å². The van der Waals surface area contributed by atoms with Gasteiger partial charge in [0.2, 0.25) is 0 Å². The fourth-order valence-electron chi connectivity index (χ4n) is 1.70. The maximum Gasteiger partial charge on any atom is 0.196 e. The van der Waals surface area contributed by atoms with E-state index in [1.807, 2.05) is 30.3 Å². The van der Waals surface area contributed by atoms with Crippen LogP contribution in [0.4, 0.5) is 0 Å². The molecule has 0 aliphatic carbocycles. The average molecular weight is 184 g/mol. The maximum atomic E-state index is 9.64. The highest BCUT2D eigenvalue weighted by molar-refractivity contribution is 5.79. The van der Waals surface area contributed by atoms with Crippen molar-refractivity contribution in [2.75, 3.05) is 0 Å². The Morgan fingerprint density at radius 2 is 1.93 bits per heavy atom. The van der Waals surface area contributed by atoms with Gasteiger partial charge in [0, 0.05) is 6.07 Å². The molecular formula is C11H8N2O. The summed E-state index contributed by atoms with van der Waals surface area (Å²) in [5.74, 6) is 0.249. The van der Waals surface area contributed by atoms with Gasteiger partial charge in [0.25, 0.3) is 0 Å². The number of aromatic hydroxyl groups is 1. The van der Waals surface area contributed by atoms with Crippen molar-refractivity contribution in [3.8, 4) is 5.88 Å². The second kappa shape index (κ2) is 2.48. The number of hydrogen-bond acceptors (Lipinski definition) is 2. The number of nitrogens with zero attached hydrogens (tertiary/aromatic N) is 2. The number of hydrogen-bond donors (Lipinski definition) is 1. The van der Waals surface area contributed by atoms with Crippen molar-refractivity contribution in [1.29, 1.82) is 0 Å². The van der Waals surface area contributed by atoms with Crippen molar-refractivity contribution in [2.45, 2.75) is 0 Å². The topological polar surface area (TPSA) is 37.5 Å². The monoisotopic (exact) mass is 184 g/mol. The molecule has 0 spiro atoms. The van der Waals surface area contributed by atoms with Gasteiger partial charge in [0.1, 0.15) is 0 Å². The van der Waals surface area contributed by atoms with Crippen LogP contribution in [0.1, 0.15) is 0 Å². The highest BCUT2D eigenvalue weighted by Crippen LogP contribution is 2.21. The fraction of sp³-hybridized carbons (Fsp3) is 0. The third-order valence-electron chi connectivity index (χ3n) is 2.35. The molecule has 2 heterocycles. The van der Waals surface area contributed by atoms with E-state index in [1.165, 1.54) is 0 Å². The Balaban J connectivity index is 2.65.